The lowest BCUT2D eigenvalue weighted by molar-refractivity contribution is 0.135. The number of ether oxygens (including phenoxy) is 1. The molecule has 0 saturated heterocycles. The highest BCUT2D eigenvalue weighted by Gasteiger charge is 2.58. The van der Waals surface area contributed by atoms with Crippen LogP contribution in [0.4, 0.5) is 0 Å². The molecule has 2 unspecified atom stereocenters. The molecule has 0 aliphatic heterocycles. The number of nitrogens with zero attached hydrogens (tertiary/aromatic N) is 1. The Morgan fingerprint density at radius 2 is 2.19 bits per heavy atom. The summed E-state index contributed by atoms with van der Waals surface area (Å²) in [5, 5.41) is 9.21. The average molecular weight is 223 g/mol. The Bertz CT molecular complexity index is 354. The van der Waals surface area contributed by atoms with E-state index in [1.165, 1.54) is 31.9 Å². The fourth-order valence-corrected chi connectivity index (χ4v) is 3.32. The van der Waals surface area contributed by atoms with E-state index < -0.39 is 0 Å². The predicted molar refractivity (Wildman–Crippen MR) is 64.4 cm³/mol. The van der Waals surface area contributed by atoms with Gasteiger partial charge in [-0.15, -0.1) is 0 Å². The van der Waals surface area contributed by atoms with Crippen molar-refractivity contribution in [3.05, 3.63) is 12.1 Å². The van der Waals surface area contributed by atoms with Gasteiger partial charge < -0.3 is 9.84 Å². The summed E-state index contributed by atoms with van der Waals surface area (Å²) in [5.41, 5.74) is 1.94. The van der Waals surface area contributed by atoms with Gasteiger partial charge in [0.2, 0.25) is 0 Å². The summed E-state index contributed by atoms with van der Waals surface area (Å²) in [6.07, 6.45) is 5.00. The van der Waals surface area contributed by atoms with E-state index in [2.05, 4.69) is 30.5 Å². The fourth-order valence-electron chi connectivity index (χ4n) is 3.32. The van der Waals surface area contributed by atoms with Crippen molar-refractivity contribution >= 4 is 5.71 Å². The quantitative estimate of drug-likeness (QED) is 0.730. The van der Waals surface area contributed by atoms with Crippen molar-refractivity contribution in [2.24, 2.45) is 21.7 Å². The van der Waals surface area contributed by atoms with E-state index in [9.17, 15) is 5.11 Å². The van der Waals surface area contributed by atoms with E-state index in [-0.39, 0.29) is 5.95 Å². The molecule has 3 heteroatoms. The third kappa shape index (κ3) is 1.45. The van der Waals surface area contributed by atoms with Crippen LogP contribution in [0.1, 0.15) is 40.0 Å². The van der Waals surface area contributed by atoms with E-state index in [1.807, 2.05) is 0 Å². The maximum atomic E-state index is 9.21. The minimum atomic E-state index is -0.113. The van der Waals surface area contributed by atoms with Crippen molar-refractivity contribution in [1.29, 1.82) is 0 Å². The molecule has 2 rings (SSSR count). The number of methoxy groups -OCH3 is 1. The minimum Gasteiger partial charge on any atom is -0.480 e. The Hall–Kier alpha value is -0.990. The first-order valence-electron chi connectivity index (χ1n) is 5.90. The molecule has 0 radical (unpaired) electrons. The van der Waals surface area contributed by atoms with Gasteiger partial charge in [-0.05, 0) is 30.1 Å². The van der Waals surface area contributed by atoms with Crippen LogP contribution in [0.2, 0.25) is 0 Å². The number of hydrogen-bond donors (Lipinski definition) is 1. The van der Waals surface area contributed by atoms with Gasteiger partial charge in [0.1, 0.15) is 6.20 Å². The Labute approximate surface area is 97.2 Å². The molecule has 0 amide bonds. The Morgan fingerprint density at radius 1 is 1.50 bits per heavy atom. The van der Waals surface area contributed by atoms with Gasteiger partial charge >= 0.3 is 0 Å². The molecule has 0 aromatic carbocycles. The van der Waals surface area contributed by atoms with Crippen LogP contribution in [0.3, 0.4) is 0 Å². The smallest absolute Gasteiger partial charge is 0.295 e. The fraction of sp³-hybridized carbons (Fsp3) is 0.769. The Balaban J connectivity index is 2.24. The van der Waals surface area contributed by atoms with E-state index in [1.54, 1.807) is 0 Å². The number of aliphatic hydroxyl groups excluding tert-OH is 1. The molecular weight excluding hydrogens is 202 g/mol. The first-order chi connectivity index (χ1) is 7.40. The van der Waals surface area contributed by atoms with Crippen LogP contribution in [-0.4, -0.2) is 17.9 Å². The predicted octanol–water partition coefficient (Wildman–Crippen LogP) is 3.28. The standard InChI is InChI=1S/C13H21NO2/c1-12(2)9-5-6-13(12,3)7-10(9)14-8-11(15)16-4/h8-9,15H,5-7H2,1-4H3/b11-8+,14-10?. The van der Waals surface area contributed by atoms with Crippen LogP contribution >= 0.6 is 0 Å². The van der Waals surface area contributed by atoms with Gasteiger partial charge in [-0.25, -0.2) is 0 Å². The lowest BCUT2D eigenvalue weighted by Gasteiger charge is -2.33. The Kier molecular flexibility index (Phi) is 2.52. The zero-order valence-electron chi connectivity index (χ0n) is 10.6. The lowest BCUT2D eigenvalue weighted by atomic mass is 9.71. The third-order valence-electron chi connectivity index (χ3n) is 4.93. The summed E-state index contributed by atoms with van der Waals surface area (Å²) in [6.45, 7) is 7.04. The van der Waals surface area contributed by atoms with E-state index >= 15 is 0 Å². The van der Waals surface area contributed by atoms with Crippen molar-refractivity contribution in [3.63, 3.8) is 0 Å². The molecule has 2 saturated carbocycles. The molecule has 90 valence electrons. The van der Waals surface area contributed by atoms with Crippen molar-refractivity contribution in [2.45, 2.75) is 40.0 Å². The molecule has 0 aromatic rings. The lowest BCUT2D eigenvalue weighted by Crippen LogP contribution is -2.26. The van der Waals surface area contributed by atoms with Gasteiger partial charge in [0, 0.05) is 11.6 Å². The summed E-state index contributed by atoms with van der Waals surface area (Å²) in [6, 6.07) is 0. The van der Waals surface area contributed by atoms with Gasteiger partial charge in [-0.3, -0.25) is 4.99 Å². The number of fused-ring (bicyclic) bond motifs is 2. The number of aliphatic imine (C=N–C) groups is 1. The van der Waals surface area contributed by atoms with Crippen molar-refractivity contribution in [2.75, 3.05) is 7.11 Å². The van der Waals surface area contributed by atoms with Crippen LogP contribution in [0.5, 0.6) is 0 Å². The topological polar surface area (TPSA) is 41.8 Å². The number of rotatable bonds is 2. The molecule has 2 aliphatic rings. The molecule has 16 heavy (non-hydrogen) atoms. The highest BCUT2D eigenvalue weighted by Crippen LogP contribution is 2.64. The third-order valence-corrected chi connectivity index (χ3v) is 4.93. The van der Waals surface area contributed by atoms with Gasteiger partial charge in [-0.2, -0.15) is 0 Å². The maximum Gasteiger partial charge on any atom is 0.295 e. The van der Waals surface area contributed by atoms with Crippen molar-refractivity contribution in [1.82, 2.24) is 0 Å². The van der Waals surface area contributed by atoms with Crippen LogP contribution in [-0.2, 0) is 4.74 Å². The second kappa shape index (κ2) is 3.51. The van der Waals surface area contributed by atoms with E-state index in [0.29, 0.717) is 16.7 Å². The first-order valence-corrected chi connectivity index (χ1v) is 5.90. The normalized spacial score (nSPS) is 39.4. The second-order valence-corrected chi connectivity index (χ2v) is 5.84. The zero-order chi connectivity index (χ0) is 12.0. The highest BCUT2D eigenvalue weighted by molar-refractivity contribution is 5.92. The van der Waals surface area contributed by atoms with Gasteiger partial charge in [-0.1, -0.05) is 20.8 Å². The van der Waals surface area contributed by atoms with E-state index in [0.717, 1.165) is 6.42 Å². The summed E-state index contributed by atoms with van der Waals surface area (Å²) < 4.78 is 4.68. The van der Waals surface area contributed by atoms with Crippen LogP contribution < -0.4 is 0 Å². The van der Waals surface area contributed by atoms with Crippen LogP contribution in [0, 0.1) is 16.7 Å². The molecule has 2 fully saturated rings. The van der Waals surface area contributed by atoms with Crippen molar-refractivity contribution in [3.8, 4) is 0 Å². The summed E-state index contributed by atoms with van der Waals surface area (Å²) in [4.78, 5) is 4.40. The molecule has 3 nitrogen and oxygen atoms in total. The summed E-state index contributed by atoms with van der Waals surface area (Å²) in [7, 11) is 1.44. The summed E-state index contributed by atoms with van der Waals surface area (Å²) in [5.74, 6) is 0.455. The maximum absolute atomic E-state index is 9.21. The largest absolute Gasteiger partial charge is 0.480 e. The van der Waals surface area contributed by atoms with Gasteiger partial charge in [0.05, 0.1) is 7.11 Å². The molecule has 2 atom stereocenters. The minimum absolute atomic E-state index is 0.113. The Morgan fingerprint density at radius 3 is 2.62 bits per heavy atom. The number of aliphatic hydroxyl groups is 1. The van der Waals surface area contributed by atoms with Crippen LogP contribution in [0.15, 0.2) is 17.1 Å². The zero-order valence-corrected chi connectivity index (χ0v) is 10.6. The van der Waals surface area contributed by atoms with E-state index in [4.69, 9.17) is 0 Å². The first kappa shape index (κ1) is 11.5. The van der Waals surface area contributed by atoms with Gasteiger partial charge in [0.15, 0.2) is 0 Å². The van der Waals surface area contributed by atoms with Crippen LogP contribution in [0.25, 0.3) is 0 Å². The molecule has 2 aliphatic carbocycles. The summed E-state index contributed by atoms with van der Waals surface area (Å²) >= 11 is 0. The molecule has 0 aromatic heterocycles. The molecule has 1 N–H and O–H groups in total. The SMILES string of the molecule is CO/C(O)=C/N=C1CC2(C)CCC1C2(C)C. The van der Waals surface area contributed by atoms with Gasteiger partial charge in [0.25, 0.3) is 5.95 Å². The average Bonchev–Trinajstić information content (AvgIpc) is 2.57. The molecular formula is C13H21NO2. The van der Waals surface area contributed by atoms with Crippen molar-refractivity contribution < 1.29 is 9.84 Å². The second-order valence-electron chi connectivity index (χ2n) is 5.84. The number of hydrogen-bond acceptors (Lipinski definition) is 3. The monoisotopic (exact) mass is 223 g/mol. The molecule has 0 heterocycles. The molecule has 0 spiro atoms. The molecule has 2 bridgehead atoms. The highest BCUT2D eigenvalue weighted by atomic mass is 16.6.